The summed E-state index contributed by atoms with van der Waals surface area (Å²) in [5.41, 5.74) is -1.13. The lowest BCUT2D eigenvalue weighted by Crippen LogP contribution is -2.63. The Morgan fingerprint density at radius 2 is 1.38 bits per heavy atom. The fraction of sp³-hybridized carbons (Fsp3) is 0.510. The van der Waals surface area contributed by atoms with E-state index in [9.17, 15) is 52.7 Å². The van der Waals surface area contributed by atoms with Crippen molar-refractivity contribution < 1.29 is 81.0 Å². The Kier molecular flexibility index (Phi) is 23.2. The number of aryl methyl sites for hydroxylation is 1. The van der Waals surface area contributed by atoms with E-state index in [0.29, 0.717) is 17.7 Å². The first-order valence-corrected chi connectivity index (χ1v) is 24.3. The molecule has 0 spiro atoms. The molecule has 1 fully saturated rings. The third-order valence-electron chi connectivity index (χ3n) is 10.9. The zero-order valence-electron chi connectivity index (χ0n) is 43.7. The third-order valence-corrected chi connectivity index (χ3v) is 10.9. The number of esters is 5. The van der Waals surface area contributed by atoms with Crippen molar-refractivity contribution in [2.75, 3.05) is 31.6 Å². The first-order valence-electron chi connectivity index (χ1n) is 24.3. The predicted molar refractivity (Wildman–Crippen MR) is 266 cm³/mol. The number of nitrogens with one attached hydrogen (secondary N) is 4. The quantitative estimate of drug-likeness (QED) is 0.0538. The van der Waals surface area contributed by atoms with Gasteiger partial charge < -0.3 is 58.7 Å². The summed E-state index contributed by atoms with van der Waals surface area (Å²) in [5, 5.41) is 7.99. The van der Waals surface area contributed by atoms with Crippen molar-refractivity contribution in [3.8, 4) is 5.75 Å². The number of unbranched alkanes of at least 4 members (excludes halogenated alkanes) is 1. The fourth-order valence-corrected chi connectivity index (χ4v) is 7.51. The molecule has 1 aliphatic rings. The number of hydrogen-bond donors (Lipinski definition) is 4. The summed E-state index contributed by atoms with van der Waals surface area (Å²) in [6.07, 6.45) is -6.33. The molecule has 0 radical (unpaired) electrons. The lowest BCUT2D eigenvalue weighted by molar-refractivity contribution is -0.288. The van der Waals surface area contributed by atoms with Crippen molar-refractivity contribution in [3.05, 3.63) is 92.8 Å². The highest BCUT2D eigenvalue weighted by Gasteiger charge is 2.53. The number of nitrogens with zero attached hydrogens (tertiary/aromatic N) is 2. The van der Waals surface area contributed by atoms with Gasteiger partial charge in [0, 0.05) is 77.6 Å². The van der Waals surface area contributed by atoms with E-state index in [1.807, 2.05) is 0 Å². The lowest BCUT2D eigenvalue weighted by Gasteiger charge is -2.43. The average Bonchev–Trinajstić information content (AvgIpc) is 3.33. The SMILES string of the molecule is CC(=O)OC[C@H]1O[C@H](Oc2ccc(NC(=O)CCC(=O)NCCCC[C@@H](C(=O)OCc3ccccc3)N(CCNC(=O)OC(C)(C)C)C(=O)Cn3cc(C)c(=O)[nH]c3=O)cc2)[C@@H](OC(C)=O)[C@@H](OC(C)=O)[C@@H]1OC(C)=O. The molecule has 4 N–H and O–H groups in total. The molecule has 2 heterocycles. The topological polar surface area (TPSA) is 322 Å². The third kappa shape index (κ3) is 20.7. The fourth-order valence-electron chi connectivity index (χ4n) is 7.51. The van der Waals surface area contributed by atoms with Crippen molar-refractivity contribution in [2.45, 2.75) is 143 Å². The van der Waals surface area contributed by atoms with E-state index < -0.39 is 120 Å². The molecule has 4 rings (SSSR count). The molecule has 1 aromatic heterocycles. The summed E-state index contributed by atoms with van der Waals surface area (Å²) in [7, 11) is 0. The molecule has 0 bridgehead atoms. The van der Waals surface area contributed by atoms with E-state index in [1.54, 1.807) is 51.1 Å². The molecule has 2 aromatic carbocycles. The zero-order chi connectivity index (χ0) is 56.1. The maximum atomic E-state index is 14.0. The minimum atomic E-state index is -1.49. The maximum absolute atomic E-state index is 14.0. The number of ether oxygens (including phenoxy) is 8. The summed E-state index contributed by atoms with van der Waals surface area (Å²) < 4.78 is 45.3. The minimum absolute atomic E-state index is 0.0376. The van der Waals surface area contributed by atoms with Crippen LogP contribution in [0.4, 0.5) is 10.5 Å². The largest absolute Gasteiger partial charge is 0.463 e. The van der Waals surface area contributed by atoms with E-state index in [4.69, 9.17) is 37.9 Å². The van der Waals surface area contributed by atoms with Gasteiger partial charge in [0.25, 0.3) is 5.56 Å². The van der Waals surface area contributed by atoms with Crippen LogP contribution in [0.5, 0.6) is 5.75 Å². The summed E-state index contributed by atoms with van der Waals surface area (Å²) in [6, 6.07) is 13.4. The van der Waals surface area contributed by atoms with Gasteiger partial charge >= 0.3 is 41.6 Å². The Bertz CT molecular complexity index is 2630. The van der Waals surface area contributed by atoms with Crippen molar-refractivity contribution in [1.82, 2.24) is 25.1 Å². The molecule has 6 atom stereocenters. The first-order chi connectivity index (χ1) is 35.9. The van der Waals surface area contributed by atoms with Gasteiger partial charge in [0.15, 0.2) is 12.2 Å². The highest BCUT2D eigenvalue weighted by Crippen LogP contribution is 2.31. The molecule has 4 amide bonds. The molecule has 0 unspecified atom stereocenters. The summed E-state index contributed by atoms with van der Waals surface area (Å²) in [6.45, 7) is 9.56. The van der Waals surface area contributed by atoms with Crippen LogP contribution in [0, 0.1) is 6.92 Å². The monoisotopic (exact) mass is 1070 g/mol. The minimum Gasteiger partial charge on any atom is -0.463 e. The van der Waals surface area contributed by atoms with Crippen molar-refractivity contribution in [2.24, 2.45) is 0 Å². The van der Waals surface area contributed by atoms with Crippen LogP contribution in [0.25, 0.3) is 0 Å². The molecule has 1 aliphatic heterocycles. The van der Waals surface area contributed by atoms with E-state index in [1.165, 1.54) is 42.3 Å². The number of carbonyl (C=O) groups excluding carboxylic acids is 9. The van der Waals surface area contributed by atoms with Gasteiger partial charge in [-0.1, -0.05) is 30.3 Å². The van der Waals surface area contributed by atoms with Crippen LogP contribution in [0.15, 0.2) is 70.4 Å². The van der Waals surface area contributed by atoms with Crippen LogP contribution in [0.2, 0.25) is 0 Å². The first kappa shape index (κ1) is 60.5. The van der Waals surface area contributed by atoms with Crippen LogP contribution < -0.4 is 31.9 Å². The molecular formula is C51H66N6O19. The number of alkyl carbamates (subject to hydrolysis) is 1. The Hall–Kier alpha value is -8.09. The number of H-pyrrole nitrogens is 1. The van der Waals surface area contributed by atoms with Crippen LogP contribution >= 0.6 is 0 Å². The van der Waals surface area contributed by atoms with Crippen LogP contribution in [-0.2, 0) is 84.7 Å². The smallest absolute Gasteiger partial charge is 0.407 e. The second-order valence-corrected chi connectivity index (χ2v) is 18.4. The number of carbonyl (C=O) groups is 9. The van der Waals surface area contributed by atoms with Crippen LogP contribution in [0.3, 0.4) is 0 Å². The molecule has 414 valence electrons. The van der Waals surface area contributed by atoms with Crippen molar-refractivity contribution in [1.29, 1.82) is 0 Å². The van der Waals surface area contributed by atoms with Crippen LogP contribution in [-0.4, -0.2) is 137 Å². The van der Waals surface area contributed by atoms with Gasteiger partial charge in [-0.2, -0.15) is 0 Å². The Morgan fingerprint density at radius 3 is 2.01 bits per heavy atom. The molecule has 25 nitrogen and oxygen atoms in total. The van der Waals surface area contributed by atoms with Gasteiger partial charge in [-0.3, -0.25) is 47.9 Å². The lowest BCUT2D eigenvalue weighted by atomic mass is 9.98. The summed E-state index contributed by atoms with van der Waals surface area (Å²) in [4.78, 5) is 142. The molecule has 25 heteroatoms. The number of aromatic nitrogens is 2. The normalized spacial score (nSPS) is 17.3. The number of amides is 4. The molecular weight excluding hydrogens is 1000 g/mol. The summed E-state index contributed by atoms with van der Waals surface area (Å²) >= 11 is 0. The summed E-state index contributed by atoms with van der Waals surface area (Å²) in [5.74, 6) is -5.40. The molecule has 0 saturated carbocycles. The van der Waals surface area contributed by atoms with Crippen molar-refractivity contribution >= 4 is 59.3 Å². The van der Waals surface area contributed by atoms with E-state index in [2.05, 4.69) is 20.9 Å². The number of rotatable bonds is 25. The molecule has 3 aromatic rings. The van der Waals surface area contributed by atoms with Gasteiger partial charge in [0.2, 0.25) is 30.1 Å². The number of benzene rings is 2. The zero-order valence-corrected chi connectivity index (χ0v) is 43.7. The second-order valence-electron chi connectivity index (χ2n) is 18.4. The van der Waals surface area contributed by atoms with Gasteiger partial charge in [-0.25, -0.2) is 14.4 Å². The van der Waals surface area contributed by atoms with E-state index in [-0.39, 0.29) is 63.2 Å². The van der Waals surface area contributed by atoms with Gasteiger partial charge in [0.1, 0.15) is 43.3 Å². The molecule has 1 saturated heterocycles. The number of anilines is 1. The van der Waals surface area contributed by atoms with Crippen molar-refractivity contribution in [3.63, 3.8) is 0 Å². The van der Waals surface area contributed by atoms with E-state index >= 15 is 0 Å². The highest BCUT2D eigenvalue weighted by atomic mass is 16.7. The average molecular weight is 1070 g/mol. The Morgan fingerprint density at radius 1 is 0.750 bits per heavy atom. The molecule has 0 aliphatic carbocycles. The standard InChI is InChI=1S/C51H66N6O19/c1-30-26-56(49(67)55-46(30)65)27-42(64)57(25-24-53-50(68)76-51(6,7)8)38(47(66)70-28-35-14-10-9-11-15-35)16-12-13-23-52-40(62)21-22-41(63)54-36-17-19-37(20-18-36)74-48-45(73-34(5)61)44(72-33(4)60)43(71-32(3)59)39(75-48)29-69-31(2)58/h9-11,14-15,17-20,26,38-39,43-45,48H,12-13,16,21-25,27-29H2,1-8H3,(H,52,62)(H,53,68)(H,54,63)(H,55,65,67)/t38-,39+,43+,44-,45-,48-/m0/s1. The number of hydrogen-bond acceptors (Lipinski definition) is 19. The maximum Gasteiger partial charge on any atom is 0.407 e. The van der Waals surface area contributed by atoms with E-state index in [0.717, 1.165) is 32.3 Å². The van der Waals surface area contributed by atoms with Gasteiger partial charge in [0.05, 0.1) is 0 Å². The van der Waals surface area contributed by atoms with Gasteiger partial charge in [-0.05, 0) is 76.8 Å². The van der Waals surface area contributed by atoms with Gasteiger partial charge in [-0.15, -0.1) is 0 Å². The predicted octanol–water partition coefficient (Wildman–Crippen LogP) is 2.48. The highest BCUT2D eigenvalue weighted by molar-refractivity contribution is 5.93. The Balaban J connectivity index is 1.37. The van der Waals surface area contributed by atoms with Crippen LogP contribution in [0.1, 0.15) is 91.7 Å². The Labute approximate surface area is 437 Å². The molecule has 76 heavy (non-hydrogen) atoms. The number of aromatic amines is 1. The second kappa shape index (κ2) is 29.1.